The van der Waals surface area contributed by atoms with Crippen LogP contribution in [0.1, 0.15) is 44.9 Å². The van der Waals surface area contributed by atoms with Crippen LogP contribution in [0.5, 0.6) is 0 Å². The number of amides is 3. The first-order chi connectivity index (χ1) is 16.9. The Labute approximate surface area is 212 Å². The van der Waals surface area contributed by atoms with Crippen LogP contribution in [0.15, 0.2) is 24.3 Å². The lowest BCUT2D eigenvalue weighted by atomic mass is 9.48. The van der Waals surface area contributed by atoms with Crippen LogP contribution in [0.2, 0.25) is 5.02 Å². The van der Waals surface area contributed by atoms with Crippen LogP contribution in [0.25, 0.3) is 0 Å². The molecule has 4 bridgehead atoms. The number of halogens is 1. The lowest BCUT2D eigenvalue weighted by molar-refractivity contribution is -0.163. The Morgan fingerprint density at radius 2 is 1.74 bits per heavy atom. The summed E-state index contributed by atoms with van der Waals surface area (Å²) in [5.41, 5.74) is 0.807. The molecular weight excluding hydrogens is 464 g/mol. The lowest BCUT2D eigenvalue weighted by Crippen LogP contribution is -2.61. The van der Waals surface area contributed by atoms with Crippen LogP contribution in [0, 0.1) is 23.2 Å². The molecule has 35 heavy (non-hydrogen) atoms. The Morgan fingerprint density at radius 1 is 1.00 bits per heavy atom. The van der Waals surface area contributed by atoms with Gasteiger partial charge in [0.05, 0.1) is 11.5 Å². The number of aliphatic hydroxyl groups excluding tert-OH is 1. The summed E-state index contributed by atoms with van der Waals surface area (Å²) in [6, 6.07) is 7.98. The summed E-state index contributed by atoms with van der Waals surface area (Å²) in [4.78, 5) is 33.0. The molecule has 2 N–H and O–H groups in total. The minimum atomic E-state index is -0.293. The maximum Gasteiger partial charge on any atom is 0.320 e. The molecule has 3 amide bonds. The monoisotopic (exact) mass is 500 g/mol. The van der Waals surface area contributed by atoms with Crippen molar-refractivity contribution in [3.63, 3.8) is 0 Å². The van der Waals surface area contributed by atoms with Gasteiger partial charge in [0.15, 0.2) is 0 Å². The van der Waals surface area contributed by atoms with Crippen molar-refractivity contribution in [3.05, 3.63) is 29.3 Å². The van der Waals surface area contributed by atoms with Gasteiger partial charge in [-0.25, -0.2) is 4.79 Å². The Bertz CT molecular complexity index is 965. The number of carbonyl (C=O) groups excluding carboxylic acids is 2. The maximum atomic E-state index is 13.5. The Kier molecular flexibility index (Phi) is 6.12. The Morgan fingerprint density at radius 3 is 2.46 bits per heavy atom. The number of hydrogen-bond acceptors (Lipinski definition) is 4. The number of anilines is 1. The number of hydrogen-bond donors (Lipinski definition) is 2. The highest BCUT2D eigenvalue weighted by molar-refractivity contribution is 6.30. The second kappa shape index (κ2) is 9.15. The van der Waals surface area contributed by atoms with Crippen LogP contribution < -0.4 is 10.2 Å². The van der Waals surface area contributed by atoms with Crippen molar-refractivity contribution < 1.29 is 14.7 Å². The highest BCUT2D eigenvalue weighted by Crippen LogP contribution is 2.60. The highest BCUT2D eigenvalue weighted by atomic mass is 35.5. The standard InChI is InChI=1S/C27H37ClN4O3/c28-21-3-1-5-23(13-21)30-7-9-31(10-8-30)26(35)32-6-2-4-22(17-32)29-25(34)27-14-18-11-19(15-27)24(33)20(12-18)16-27/h1,3,5,13,18-20,22,24,33H,2,4,6-12,14-17H2,(H,29,34)/t18?,19?,20?,22-,24?,27?/m0/s1. The van der Waals surface area contributed by atoms with Gasteiger partial charge in [0, 0.05) is 56.0 Å². The Balaban J connectivity index is 1.04. The van der Waals surface area contributed by atoms with Crippen molar-refractivity contribution in [2.24, 2.45) is 23.2 Å². The second-order valence-electron chi connectivity index (χ2n) is 11.7. The summed E-state index contributed by atoms with van der Waals surface area (Å²) in [7, 11) is 0. The molecule has 2 heterocycles. The summed E-state index contributed by atoms with van der Waals surface area (Å²) in [6.07, 6.45) is 6.44. The van der Waals surface area contributed by atoms with E-state index in [4.69, 9.17) is 11.6 Å². The third kappa shape index (κ3) is 4.39. The molecule has 7 rings (SSSR count). The molecule has 0 radical (unpaired) electrons. The summed E-state index contributed by atoms with van der Waals surface area (Å²) >= 11 is 6.15. The smallest absolute Gasteiger partial charge is 0.320 e. The molecular formula is C27H37ClN4O3. The molecule has 8 heteroatoms. The molecule has 3 atom stereocenters. The molecule has 0 aromatic heterocycles. The first-order valence-electron chi connectivity index (χ1n) is 13.4. The van der Waals surface area contributed by atoms with E-state index in [1.54, 1.807) is 0 Å². The van der Waals surface area contributed by atoms with Crippen molar-refractivity contribution in [2.45, 2.75) is 57.1 Å². The maximum absolute atomic E-state index is 13.5. The first-order valence-corrected chi connectivity index (χ1v) is 13.8. The van der Waals surface area contributed by atoms with Crippen molar-refractivity contribution in [1.29, 1.82) is 0 Å². The van der Waals surface area contributed by atoms with E-state index in [-0.39, 0.29) is 29.5 Å². The molecule has 4 saturated carbocycles. The predicted octanol–water partition coefficient (Wildman–Crippen LogP) is 3.35. The molecule has 2 unspecified atom stereocenters. The zero-order chi connectivity index (χ0) is 24.2. The fourth-order valence-electron chi connectivity index (χ4n) is 7.91. The fraction of sp³-hybridized carbons (Fsp3) is 0.704. The van der Waals surface area contributed by atoms with Crippen LogP contribution in [0.3, 0.4) is 0 Å². The van der Waals surface area contributed by atoms with Gasteiger partial charge in [0.2, 0.25) is 5.91 Å². The molecule has 2 aliphatic heterocycles. The number of likely N-dealkylation sites (tertiary alicyclic amines) is 1. The molecule has 2 saturated heterocycles. The third-order valence-electron chi connectivity index (χ3n) is 9.46. The number of rotatable bonds is 3. The van der Waals surface area contributed by atoms with Gasteiger partial charge in [-0.2, -0.15) is 0 Å². The Hall–Kier alpha value is -1.99. The topological polar surface area (TPSA) is 76.1 Å². The van der Waals surface area contributed by atoms with Gasteiger partial charge in [-0.3, -0.25) is 4.79 Å². The van der Waals surface area contributed by atoms with Gasteiger partial charge in [0.25, 0.3) is 0 Å². The number of aliphatic hydroxyl groups is 1. The summed E-state index contributed by atoms with van der Waals surface area (Å²) < 4.78 is 0. The molecule has 6 aliphatic rings. The van der Waals surface area contributed by atoms with Crippen molar-refractivity contribution in [3.8, 4) is 0 Å². The highest BCUT2D eigenvalue weighted by Gasteiger charge is 2.58. The van der Waals surface area contributed by atoms with Crippen LogP contribution in [-0.2, 0) is 4.79 Å². The van der Waals surface area contributed by atoms with Crippen molar-refractivity contribution in [1.82, 2.24) is 15.1 Å². The van der Waals surface area contributed by atoms with Crippen LogP contribution >= 0.6 is 11.6 Å². The zero-order valence-electron chi connectivity index (χ0n) is 20.4. The second-order valence-corrected chi connectivity index (χ2v) is 12.2. The molecule has 6 fully saturated rings. The predicted molar refractivity (Wildman–Crippen MR) is 135 cm³/mol. The molecule has 4 aliphatic carbocycles. The minimum absolute atomic E-state index is 0.0193. The third-order valence-corrected chi connectivity index (χ3v) is 9.69. The van der Waals surface area contributed by atoms with E-state index in [0.717, 1.165) is 75.3 Å². The fourth-order valence-corrected chi connectivity index (χ4v) is 8.10. The average molecular weight is 501 g/mol. The van der Waals surface area contributed by atoms with E-state index < -0.39 is 0 Å². The van der Waals surface area contributed by atoms with E-state index in [0.29, 0.717) is 37.4 Å². The van der Waals surface area contributed by atoms with Gasteiger partial charge < -0.3 is 25.1 Å². The number of piperazine rings is 1. The lowest BCUT2D eigenvalue weighted by Gasteiger charge is -2.58. The first kappa shape index (κ1) is 23.4. The summed E-state index contributed by atoms with van der Waals surface area (Å²) in [5, 5.41) is 14.7. The number of urea groups is 1. The summed E-state index contributed by atoms with van der Waals surface area (Å²) in [6.45, 7) is 4.30. The zero-order valence-corrected chi connectivity index (χ0v) is 21.1. The molecule has 1 aromatic rings. The molecule has 0 spiro atoms. The number of carbonyl (C=O) groups is 2. The SMILES string of the molecule is O=C(N1CCN(c2cccc(Cl)c2)CC1)N1CCC[C@H](NC(=O)C23CC4CC(C2)C(O)C(C4)C3)C1. The van der Waals surface area contributed by atoms with Crippen LogP contribution in [0.4, 0.5) is 10.5 Å². The number of nitrogens with one attached hydrogen (secondary N) is 1. The average Bonchev–Trinajstić information content (AvgIpc) is 2.86. The normalized spacial score (nSPS) is 36.4. The van der Waals surface area contributed by atoms with E-state index >= 15 is 0 Å². The van der Waals surface area contributed by atoms with Gasteiger partial charge in [-0.05, 0) is 80.9 Å². The van der Waals surface area contributed by atoms with Gasteiger partial charge >= 0.3 is 6.03 Å². The van der Waals surface area contributed by atoms with E-state index in [1.807, 2.05) is 28.0 Å². The van der Waals surface area contributed by atoms with E-state index in [1.165, 1.54) is 0 Å². The summed E-state index contributed by atoms with van der Waals surface area (Å²) in [5.74, 6) is 1.36. The van der Waals surface area contributed by atoms with Crippen molar-refractivity contribution in [2.75, 3.05) is 44.2 Å². The number of nitrogens with zero attached hydrogens (tertiary/aromatic N) is 3. The van der Waals surface area contributed by atoms with E-state index in [2.05, 4.69) is 16.3 Å². The van der Waals surface area contributed by atoms with Crippen molar-refractivity contribution >= 4 is 29.2 Å². The number of benzene rings is 1. The molecule has 1 aromatic carbocycles. The van der Waals surface area contributed by atoms with Gasteiger partial charge in [-0.1, -0.05) is 17.7 Å². The van der Waals surface area contributed by atoms with Gasteiger partial charge in [0.1, 0.15) is 0 Å². The minimum Gasteiger partial charge on any atom is -0.393 e. The number of piperidine rings is 1. The molecule has 7 nitrogen and oxygen atoms in total. The quantitative estimate of drug-likeness (QED) is 0.667. The van der Waals surface area contributed by atoms with E-state index in [9.17, 15) is 14.7 Å². The molecule has 190 valence electrons. The van der Waals surface area contributed by atoms with Crippen LogP contribution in [-0.4, -0.2) is 78.3 Å². The largest absolute Gasteiger partial charge is 0.393 e. The van der Waals surface area contributed by atoms with Gasteiger partial charge in [-0.15, -0.1) is 0 Å².